The van der Waals surface area contributed by atoms with Gasteiger partial charge in [-0.05, 0) is 48.5 Å². The Balaban J connectivity index is 1.68. The predicted octanol–water partition coefficient (Wildman–Crippen LogP) is 5.00. The van der Waals surface area contributed by atoms with Crippen molar-refractivity contribution in [1.82, 2.24) is 9.55 Å². The van der Waals surface area contributed by atoms with Crippen LogP contribution in [0, 0.1) is 0 Å². The highest BCUT2D eigenvalue weighted by atomic mass is 35.5. The number of methoxy groups -OCH3 is 1. The summed E-state index contributed by atoms with van der Waals surface area (Å²) in [7, 11) is 1.61. The number of aromatic nitrogens is 2. The van der Waals surface area contributed by atoms with E-state index in [2.05, 4.69) is 5.32 Å². The van der Waals surface area contributed by atoms with Crippen LogP contribution in [0.5, 0.6) is 5.75 Å². The van der Waals surface area contributed by atoms with Gasteiger partial charge in [0.05, 0.1) is 23.2 Å². The van der Waals surface area contributed by atoms with E-state index in [9.17, 15) is 4.79 Å². The van der Waals surface area contributed by atoms with E-state index in [-0.39, 0.29) is 12.5 Å². The first-order valence-corrected chi connectivity index (χ1v) is 9.17. The first kappa shape index (κ1) is 18.1. The predicted molar refractivity (Wildman–Crippen MR) is 112 cm³/mol. The van der Waals surface area contributed by atoms with Crippen molar-refractivity contribution in [3.63, 3.8) is 0 Å². The first-order valence-electron chi connectivity index (χ1n) is 8.80. The van der Waals surface area contributed by atoms with Gasteiger partial charge in [0, 0.05) is 11.3 Å². The first-order chi connectivity index (χ1) is 13.7. The second kappa shape index (κ2) is 7.74. The molecule has 0 atom stereocenters. The Kier molecular flexibility index (Phi) is 5.00. The number of nitrogens with zero attached hydrogens (tertiary/aromatic N) is 2. The summed E-state index contributed by atoms with van der Waals surface area (Å²) in [6.45, 7) is 0.118. The van der Waals surface area contributed by atoms with Crippen LogP contribution >= 0.6 is 11.6 Å². The maximum Gasteiger partial charge on any atom is 0.244 e. The number of benzene rings is 3. The van der Waals surface area contributed by atoms with E-state index in [1.807, 2.05) is 53.1 Å². The van der Waals surface area contributed by atoms with Crippen LogP contribution in [0.4, 0.5) is 5.69 Å². The van der Waals surface area contributed by atoms with Gasteiger partial charge in [-0.15, -0.1) is 0 Å². The van der Waals surface area contributed by atoms with Crippen LogP contribution in [-0.2, 0) is 11.3 Å². The zero-order chi connectivity index (χ0) is 19.5. The highest BCUT2D eigenvalue weighted by molar-refractivity contribution is 6.33. The van der Waals surface area contributed by atoms with Gasteiger partial charge in [0.15, 0.2) is 0 Å². The molecule has 0 unspecified atom stereocenters. The number of carbonyl (C=O) groups excluding carboxylic acids is 1. The Morgan fingerprint density at radius 3 is 2.50 bits per heavy atom. The van der Waals surface area contributed by atoms with Crippen LogP contribution in [-0.4, -0.2) is 22.6 Å². The van der Waals surface area contributed by atoms with Crippen LogP contribution in [0.2, 0.25) is 5.02 Å². The maximum atomic E-state index is 12.7. The van der Waals surface area contributed by atoms with Gasteiger partial charge in [-0.1, -0.05) is 35.9 Å². The molecule has 0 radical (unpaired) electrons. The summed E-state index contributed by atoms with van der Waals surface area (Å²) in [5.41, 5.74) is 3.18. The Bertz CT molecular complexity index is 1140. The summed E-state index contributed by atoms with van der Waals surface area (Å²) in [6.07, 6.45) is 0. The molecule has 0 fully saturated rings. The maximum absolute atomic E-state index is 12.7. The molecule has 6 heteroatoms. The summed E-state index contributed by atoms with van der Waals surface area (Å²) in [6, 6.07) is 22.4. The molecule has 1 heterocycles. The summed E-state index contributed by atoms with van der Waals surface area (Å²) >= 11 is 6.39. The quantitative estimate of drug-likeness (QED) is 0.520. The minimum Gasteiger partial charge on any atom is -0.497 e. The zero-order valence-corrected chi connectivity index (χ0v) is 16.0. The van der Waals surface area contributed by atoms with Gasteiger partial charge in [-0.3, -0.25) is 4.79 Å². The van der Waals surface area contributed by atoms with E-state index < -0.39 is 0 Å². The van der Waals surface area contributed by atoms with Crippen molar-refractivity contribution in [2.45, 2.75) is 6.54 Å². The SMILES string of the molecule is COc1ccc(NC(=O)Cn2c(-c3ccccc3Cl)nc3ccccc32)cc1. The minimum absolute atomic E-state index is 0.118. The standard InChI is InChI=1S/C22H18ClN3O2/c1-28-16-12-10-15(11-13-16)24-21(27)14-26-20-9-5-4-8-19(20)25-22(26)17-6-2-3-7-18(17)23/h2-13H,14H2,1H3,(H,24,27). The van der Waals surface area contributed by atoms with E-state index in [0.29, 0.717) is 16.5 Å². The Morgan fingerprint density at radius 1 is 1.04 bits per heavy atom. The molecule has 1 N–H and O–H groups in total. The van der Waals surface area contributed by atoms with Crippen molar-refractivity contribution in [2.24, 2.45) is 0 Å². The third-order valence-electron chi connectivity index (χ3n) is 4.44. The van der Waals surface area contributed by atoms with Gasteiger partial charge < -0.3 is 14.6 Å². The van der Waals surface area contributed by atoms with E-state index in [4.69, 9.17) is 21.3 Å². The Morgan fingerprint density at radius 2 is 1.75 bits per heavy atom. The van der Waals surface area contributed by atoms with Gasteiger partial charge in [0.25, 0.3) is 0 Å². The van der Waals surface area contributed by atoms with Crippen molar-refractivity contribution in [3.05, 3.63) is 77.8 Å². The number of ether oxygens (including phenoxy) is 1. The van der Waals surface area contributed by atoms with E-state index >= 15 is 0 Å². The van der Waals surface area contributed by atoms with Gasteiger partial charge in [-0.2, -0.15) is 0 Å². The molecule has 0 spiro atoms. The third kappa shape index (κ3) is 3.57. The lowest BCUT2D eigenvalue weighted by Crippen LogP contribution is -2.19. The molecule has 4 rings (SSSR count). The summed E-state index contributed by atoms with van der Waals surface area (Å²) in [5, 5.41) is 3.51. The average molecular weight is 392 g/mol. The lowest BCUT2D eigenvalue weighted by Gasteiger charge is -2.11. The Labute approximate surface area is 167 Å². The molecule has 140 valence electrons. The van der Waals surface area contributed by atoms with Crippen molar-refractivity contribution in [1.29, 1.82) is 0 Å². The number of carbonyl (C=O) groups is 1. The molecule has 4 aromatic rings. The zero-order valence-electron chi connectivity index (χ0n) is 15.2. The smallest absolute Gasteiger partial charge is 0.244 e. The normalized spacial score (nSPS) is 10.8. The number of hydrogen-bond acceptors (Lipinski definition) is 3. The largest absolute Gasteiger partial charge is 0.497 e. The van der Waals surface area contributed by atoms with Crippen molar-refractivity contribution >= 4 is 34.2 Å². The molecular formula is C22H18ClN3O2. The number of rotatable bonds is 5. The van der Waals surface area contributed by atoms with Crippen molar-refractivity contribution in [2.75, 3.05) is 12.4 Å². The second-order valence-corrected chi connectivity index (χ2v) is 6.67. The van der Waals surface area contributed by atoms with Crippen molar-refractivity contribution in [3.8, 4) is 17.1 Å². The molecule has 5 nitrogen and oxygen atoms in total. The Hall–Kier alpha value is -3.31. The lowest BCUT2D eigenvalue weighted by molar-refractivity contribution is -0.116. The average Bonchev–Trinajstić information content (AvgIpc) is 3.07. The fourth-order valence-electron chi connectivity index (χ4n) is 3.10. The number of halogens is 1. The van der Waals surface area contributed by atoms with Crippen LogP contribution < -0.4 is 10.1 Å². The topological polar surface area (TPSA) is 56.1 Å². The van der Waals surface area contributed by atoms with E-state index in [1.165, 1.54) is 0 Å². The van der Waals surface area contributed by atoms with Crippen LogP contribution in [0.3, 0.4) is 0 Å². The number of para-hydroxylation sites is 2. The monoisotopic (exact) mass is 391 g/mol. The fourth-order valence-corrected chi connectivity index (χ4v) is 3.32. The number of anilines is 1. The van der Waals surface area contributed by atoms with Gasteiger partial charge in [0.1, 0.15) is 18.1 Å². The lowest BCUT2D eigenvalue weighted by atomic mass is 10.2. The molecular weight excluding hydrogens is 374 g/mol. The fraction of sp³-hybridized carbons (Fsp3) is 0.0909. The number of fused-ring (bicyclic) bond motifs is 1. The third-order valence-corrected chi connectivity index (χ3v) is 4.77. The van der Waals surface area contributed by atoms with E-state index in [0.717, 1.165) is 22.3 Å². The van der Waals surface area contributed by atoms with Gasteiger partial charge in [-0.25, -0.2) is 4.98 Å². The highest BCUT2D eigenvalue weighted by Gasteiger charge is 2.17. The molecule has 0 saturated heterocycles. The molecule has 28 heavy (non-hydrogen) atoms. The van der Waals surface area contributed by atoms with Crippen molar-refractivity contribution < 1.29 is 9.53 Å². The minimum atomic E-state index is -0.151. The van der Waals surface area contributed by atoms with Crippen LogP contribution in [0.25, 0.3) is 22.4 Å². The number of hydrogen-bond donors (Lipinski definition) is 1. The number of imidazole rings is 1. The highest BCUT2D eigenvalue weighted by Crippen LogP contribution is 2.30. The summed E-state index contributed by atoms with van der Waals surface area (Å²) < 4.78 is 7.03. The summed E-state index contributed by atoms with van der Waals surface area (Å²) in [4.78, 5) is 17.4. The van der Waals surface area contributed by atoms with Gasteiger partial charge in [0.2, 0.25) is 5.91 Å². The molecule has 0 aliphatic heterocycles. The molecule has 1 aromatic heterocycles. The van der Waals surface area contributed by atoms with Crippen LogP contribution in [0.1, 0.15) is 0 Å². The van der Waals surface area contributed by atoms with Crippen LogP contribution in [0.15, 0.2) is 72.8 Å². The van der Waals surface area contributed by atoms with Gasteiger partial charge >= 0.3 is 0 Å². The number of amides is 1. The van der Waals surface area contributed by atoms with E-state index in [1.54, 1.807) is 31.4 Å². The molecule has 0 saturated carbocycles. The number of nitrogens with one attached hydrogen (secondary N) is 1. The second-order valence-electron chi connectivity index (χ2n) is 6.27. The molecule has 0 aliphatic carbocycles. The molecule has 0 aliphatic rings. The summed E-state index contributed by atoms with van der Waals surface area (Å²) in [5.74, 6) is 1.25. The molecule has 1 amide bonds. The molecule has 3 aromatic carbocycles. The molecule has 0 bridgehead atoms.